The van der Waals surface area contributed by atoms with Crippen LogP contribution in [0, 0.1) is 0 Å². The second kappa shape index (κ2) is 6.17. The molecule has 0 radical (unpaired) electrons. The molecule has 2 atom stereocenters. The summed E-state index contributed by atoms with van der Waals surface area (Å²) >= 11 is 0. The molecule has 23 heavy (non-hydrogen) atoms. The molecule has 1 amide bonds. The summed E-state index contributed by atoms with van der Waals surface area (Å²) in [6.45, 7) is 0. The second-order valence-electron chi connectivity index (χ2n) is 6.64. The number of amides is 1. The van der Waals surface area contributed by atoms with Crippen LogP contribution in [0.5, 0.6) is 0 Å². The molecule has 2 N–H and O–H groups in total. The maximum atomic E-state index is 12.6. The molecule has 2 aliphatic rings. The lowest BCUT2D eigenvalue weighted by Crippen LogP contribution is -2.45. The molecule has 3 nitrogen and oxygen atoms in total. The summed E-state index contributed by atoms with van der Waals surface area (Å²) in [5.74, 6) is 0.154. The van der Waals surface area contributed by atoms with Crippen molar-refractivity contribution in [2.75, 3.05) is 0 Å². The van der Waals surface area contributed by atoms with Crippen LogP contribution in [0.3, 0.4) is 0 Å². The predicted molar refractivity (Wildman–Crippen MR) is 91.1 cm³/mol. The summed E-state index contributed by atoms with van der Waals surface area (Å²) in [6.07, 6.45) is 3.84. The molecule has 4 rings (SSSR count). The molecule has 1 aliphatic heterocycles. The molecule has 2 aromatic rings. The van der Waals surface area contributed by atoms with E-state index in [1.54, 1.807) is 0 Å². The minimum absolute atomic E-state index is 0.0658. The third kappa shape index (κ3) is 3.02. The van der Waals surface area contributed by atoms with E-state index in [1.165, 1.54) is 16.7 Å². The summed E-state index contributed by atoms with van der Waals surface area (Å²) < 4.78 is 0. The molecule has 0 bridgehead atoms. The zero-order valence-corrected chi connectivity index (χ0v) is 13.2. The van der Waals surface area contributed by atoms with Crippen LogP contribution in [-0.2, 0) is 17.6 Å². The number of carbonyl (C=O) groups excluding carboxylic acids is 1. The molecule has 0 saturated carbocycles. The highest BCUT2D eigenvalue weighted by Gasteiger charge is 2.32. The molecule has 0 aromatic heterocycles. The van der Waals surface area contributed by atoms with Gasteiger partial charge in [0.25, 0.3) is 0 Å². The lowest BCUT2D eigenvalue weighted by atomic mass is 10.1. The van der Waals surface area contributed by atoms with E-state index in [4.69, 9.17) is 0 Å². The first-order chi connectivity index (χ1) is 11.3. The number of hydrogen-bond donors (Lipinski definition) is 2. The highest BCUT2D eigenvalue weighted by Crippen LogP contribution is 2.27. The Morgan fingerprint density at radius 2 is 1.57 bits per heavy atom. The Morgan fingerprint density at radius 3 is 2.26 bits per heavy atom. The van der Waals surface area contributed by atoms with Crippen LogP contribution in [0.15, 0.2) is 54.6 Å². The quantitative estimate of drug-likeness (QED) is 0.915. The largest absolute Gasteiger partial charge is 0.351 e. The Labute approximate surface area is 137 Å². The van der Waals surface area contributed by atoms with E-state index in [0.29, 0.717) is 6.04 Å². The van der Waals surface area contributed by atoms with Crippen molar-refractivity contribution in [2.45, 2.75) is 43.8 Å². The smallest absolute Gasteiger partial charge is 0.237 e. The molecular formula is C20H22N2O. The Bertz CT molecular complexity index is 673. The van der Waals surface area contributed by atoms with Crippen molar-refractivity contribution in [2.24, 2.45) is 0 Å². The molecule has 1 saturated heterocycles. The van der Waals surface area contributed by atoms with Crippen molar-refractivity contribution in [1.82, 2.24) is 10.6 Å². The van der Waals surface area contributed by atoms with E-state index in [1.807, 2.05) is 6.07 Å². The van der Waals surface area contributed by atoms with Gasteiger partial charge >= 0.3 is 0 Å². The molecule has 1 heterocycles. The number of nitrogens with one attached hydrogen (secondary N) is 2. The minimum atomic E-state index is -0.0658. The van der Waals surface area contributed by atoms with Gasteiger partial charge in [-0.05, 0) is 42.4 Å². The van der Waals surface area contributed by atoms with Crippen molar-refractivity contribution in [3.63, 3.8) is 0 Å². The van der Waals surface area contributed by atoms with Gasteiger partial charge in [-0.2, -0.15) is 0 Å². The third-order valence-electron chi connectivity index (χ3n) is 5.06. The molecule has 1 fully saturated rings. The Morgan fingerprint density at radius 1 is 0.913 bits per heavy atom. The van der Waals surface area contributed by atoms with E-state index in [0.717, 1.165) is 25.7 Å². The molecule has 3 heteroatoms. The summed E-state index contributed by atoms with van der Waals surface area (Å²) in [5.41, 5.74) is 4.02. The van der Waals surface area contributed by atoms with Crippen LogP contribution in [0.1, 0.15) is 35.6 Å². The first-order valence-electron chi connectivity index (χ1n) is 8.48. The Hall–Kier alpha value is -2.13. The lowest BCUT2D eigenvalue weighted by Gasteiger charge is -2.18. The fourth-order valence-corrected chi connectivity index (χ4v) is 3.86. The Balaban J connectivity index is 1.34. The first-order valence-corrected chi connectivity index (χ1v) is 8.48. The van der Waals surface area contributed by atoms with Gasteiger partial charge in [0, 0.05) is 12.1 Å². The lowest BCUT2D eigenvalue weighted by molar-refractivity contribution is -0.123. The zero-order valence-electron chi connectivity index (χ0n) is 13.2. The average Bonchev–Trinajstić information content (AvgIpc) is 3.22. The molecule has 118 valence electrons. The van der Waals surface area contributed by atoms with E-state index >= 15 is 0 Å². The number of rotatable bonds is 3. The average molecular weight is 306 g/mol. The molecule has 2 aromatic carbocycles. The fraction of sp³-hybridized carbons (Fsp3) is 0.350. The van der Waals surface area contributed by atoms with Crippen molar-refractivity contribution in [3.8, 4) is 0 Å². The first kappa shape index (κ1) is 14.5. The highest BCUT2D eigenvalue weighted by molar-refractivity contribution is 5.82. The van der Waals surface area contributed by atoms with Gasteiger partial charge in [-0.25, -0.2) is 0 Å². The van der Waals surface area contributed by atoms with Gasteiger partial charge in [0.05, 0.1) is 6.04 Å². The zero-order chi connectivity index (χ0) is 15.6. The van der Waals surface area contributed by atoms with Gasteiger partial charge in [-0.15, -0.1) is 0 Å². The maximum Gasteiger partial charge on any atom is 0.237 e. The number of carbonyl (C=O) groups is 1. The fourth-order valence-electron chi connectivity index (χ4n) is 3.86. The SMILES string of the molecule is O=C(NC1Cc2ccccc2C1)[C@H]1CC[C@H](c2ccccc2)N1. The highest BCUT2D eigenvalue weighted by atomic mass is 16.2. The van der Waals surface area contributed by atoms with E-state index < -0.39 is 0 Å². The van der Waals surface area contributed by atoms with Gasteiger partial charge in [-0.3, -0.25) is 10.1 Å². The monoisotopic (exact) mass is 306 g/mol. The van der Waals surface area contributed by atoms with Crippen LogP contribution < -0.4 is 10.6 Å². The van der Waals surface area contributed by atoms with Crippen LogP contribution >= 0.6 is 0 Å². The normalized spacial score (nSPS) is 23.7. The van der Waals surface area contributed by atoms with Gasteiger partial charge in [0.2, 0.25) is 5.91 Å². The third-order valence-corrected chi connectivity index (χ3v) is 5.06. The maximum absolute atomic E-state index is 12.6. The molecule has 1 aliphatic carbocycles. The van der Waals surface area contributed by atoms with Crippen LogP contribution in [0.25, 0.3) is 0 Å². The Kier molecular flexibility index (Phi) is 3.88. The second-order valence-corrected chi connectivity index (χ2v) is 6.64. The standard InChI is InChI=1S/C20H22N2O/c23-20(21-17-12-15-8-4-5-9-16(15)13-17)19-11-10-18(22-19)14-6-2-1-3-7-14/h1-9,17-19,22H,10-13H2,(H,21,23)/t18-,19-/m1/s1. The van der Waals surface area contributed by atoms with E-state index in [9.17, 15) is 4.79 Å². The number of fused-ring (bicyclic) bond motifs is 1. The topological polar surface area (TPSA) is 41.1 Å². The van der Waals surface area contributed by atoms with E-state index in [2.05, 4.69) is 59.2 Å². The van der Waals surface area contributed by atoms with Gasteiger partial charge in [-0.1, -0.05) is 54.6 Å². The van der Waals surface area contributed by atoms with Gasteiger partial charge in [0.15, 0.2) is 0 Å². The summed E-state index contributed by atoms with van der Waals surface area (Å²) in [5, 5.41) is 6.73. The number of hydrogen-bond acceptors (Lipinski definition) is 2. The van der Waals surface area contributed by atoms with Crippen molar-refractivity contribution >= 4 is 5.91 Å². The van der Waals surface area contributed by atoms with Crippen LogP contribution in [-0.4, -0.2) is 18.0 Å². The molecule has 0 spiro atoms. The number of benzene rings is 2. The summed E-state index contributed by atoms with van der Waals surface area (Å²) in [4.78, 5) is 12.6. The molecular weight excluding hydrogens is 284 g/mol. The van der Waals surface area contributed by atoms with E-state index in [-0.39, 0.29) is 18.0 Å². The minimum Gasteiger partial charge on any atom is -0.351 e. The van der Waals surface area contributed by atoms with Crippen molar-refractivity contribution < 1.29 is 4.79 Å². The van der Waals surface area contributed by atoms with Gasteiger partial charge < -0.3 is 5.32 Å². The van der Waals surface area contributed by atoms with Crippen LogP contribution in [0.2, 0.25) is 0 Å². The molecule has 0 unspecified atom stereocenters. The van der Waals surface area contributed by atoms with Crippen LogP contribution in [0.4, 0.5) is 0 Å². The van der Waals surface area contributed by atoms with Crippen molar-refractivity contribution in [1.29, 1.82) is 0 Å². The summed E-state index contributed by atoms with van der Waals surface area (Å²) in [6, 6.07) is 19.4. The van der Waals surface area contributed by atoms with Gasteiger partial charge in [0.1, 0.15) is 0 Å². The summed E-state index contributed by atoms with van der Waals surface area (Å²) in [7, 11) is 0. The predicted octanol–water partition coefficient (Wildman–Crippen LogP) is 2.76. The van der Waals surface area contributed by atoms with Crippen molar-refractivity contribution in [3.05, 3.63) is 71.3 Å².